The van der Waals surface area contributed by atoms with Crippen molar-refractivity contribution < 1.29 is 17.9 Å². The van der Waals surface area contributed by atoms with E-state index in [-0.39, 0.29) is 5.88 Å². The molecule has 0 fully saturated rings. The summed E-state index contributed by atoms with van der Waals surface area (Å²) in [7, 11) is 0. The Labute approximate surface area is 117 Å². The zero-order valence-corrected chi connectivity index (χ0v) is 12.0. The van der Waals surface area contributed by atoms with E-state index in [0.29, 0.717) is 12.0 Å². The minimum absolute atomic E-state index is 0.0253. The van der Waals surface area contributed by atoms with Crippen molar-refractivity contribution in [3.05, 3.63) is 18.3 Å². The van der Waals surface area contributed by atoms with Crippen LogP contribution in [0.1, 0.15) is 33.6 Å². The molecule has 0 saturated heterocycles. The number of hydrogen-bond donors (Lipinski definition) is 1. The molecule has 0 aromatic carbocycles. The Morgan fingerprint density at radius 1 is 1.20 bits per heavy atom. The van der Waals surface area contributed by atoms with E-state index < -0.39 is 12.8 Å². The van der Waals surface area contributed by atoms with E-state index in [2.05, 4.69) is 35.8 Å². The first-order valence-electron chi connectivity index (χ1n) is 6.68. The van der Waals surface area contributed by atoms with Gasteiger partial charge < -0.3 is 10.1 Å². The number of alkyl halides is 3. The molecule has 1 aromatic heterocycles. The van der Waals surface area contributed by atoms with Crippen LogP contribution in [0.2, 0.25) is 0 Å². The average Bonchev–Trinajstić information content (AvgIpc) is 2.34. The van der Waals surface area contributed by atoms with Gasteiger partial charge in [0.05, 0.1) is 11.9 Å². The van der Waals surface area contributed by atoms with Gasteiger partial charge in [-0.25, -0.2) is 4.98 Å². The number of nitrogens with zero attached hydrogens (tertiary/aromatic N) is 1. The van der Waals surface area contributed by atoms with Gasteiger partial charge in [-0.05, 0) is 31.7 Å². The highest BCUT2D eigenvalue weighted by atomic mass is 19.4. The number of halogens is 3. The number of anilines is 1. The molecule has 1 N–H and O–H groups in total. The fraction of sp³-hybridized carbons (Fsp3) is 0.643. The summed E-state index contributed by atoms with van der Waals surface area (Å²) >= 11 is 0. The summed E-state index contributed by atoms with van der Waals surface area (Å²) in [6.07, 6.45) is -0.708. The van der Waals surface area contributed by atoms with Gasteiger partial charge >= 0.3 is 6.18 Å². The Morgan fingerprint density at radius 3 is 2.40 bits per heavy atom. The number of pyridine rings is 1. The van der Waals surface area contributed by atoms with Crippen molar-refractivity contribution in [2.45, 2.75) is 45.8 Å². The van der Waals surface area contributed by atoms with Gasteiger partial charge in [0.1, 0.15) is 0 Å². The molecule has 0 amide bonds. The molecule has 0 bridgehead atoms. The van der Waals surface area contributed by atoms with Crippen molar-refractivity contribution in [2.24, 2.45) is 5.92 Å². The lowest BCUT2D eigenvalue weighted by Crippen LogP contribution is -2.19. The van der Waals surface area contributed by atoms with Gasteiger partial charge in [-0.3, -0.25) is 0 Å². The van der Waals surface area contributed by atoms with Crippen LogP contribution in [-0.2, 0) is 0 Å². The molecule has 1 heterocycles. The van der Waals surface area contributed by atoms with Gasteiger partial charge in [-0.1, -0.05) is 13.8 Å². The molecular weight excluding hydrogens is 269 g/mol. The van der Waals surface area contributed by atoms with Gasteiger partial charge in [0.15, 0.2) is 6.61 Å². The van der Waals surface area contributed by atoms with Gasteiger partial charge in [0.2, 0.25) is 5.88 Å². The molecule has 114 valence electrons. The number of nitrogens with one attached hydrogen (secondary N) is 1. The van der Waals surface area contributed by atoms with E-state index in [9.17, 15) is 13.2 Å². The van der Waals surface area contributed by atoms with E-state index in [4.69, 9.17) is 0 Å². The van der Waals surface area contributed by atoms with Crippen LogP contribution in [0.25, 0.3) is 0 Å². The van der Waals surface area contributed by atoms with E-state index >= 15 is 0 Å². The molecule has 6 heteroatoms. The second kappa shape index (κ2) is 7.36. The normalized spacial score (nSPS) is 13.3. The second-order valence-electron chi connectivity index (χ2n) is 5.31. The minimum Gasteiger partial charge on any atom is -0.468 e. The van der Waals surface area contributed by atoms with Gasteiger partial charge in [-0.2, -0.15) is 13.2 Å². The van der Waals surface area contributed by atoms with E-state index in [1.54, 1.807) is 6.07 Å². The maximum Gasteiger partial charge on any atom is 0.422 e. The highest BCUT2D eigenvalue weighted by Gasteiger charge is 2.28. The number of ether oxygens (including phenoxy) is 1. The lowest BCUT2D eigenvalue weighted by Gasteiger charge is -2.16. The number of rotatable bonds is 7. The van der Waals surface area contributed by atoms with Crippen LogP contribution in [0.3, 0.4) is 0 Å². The Kier molecular flexibility index (Phi) is 6.10. The van der Waals surface area contributed by atoms with Gasteiger partial charge in [-0.15, -0.1) is 0 Å². The van der Waals surface area contributed by atoms with Crippen LogP contribution in [0, 0.1) is 5.92 Å². The van der Waals surface area contributed by atoms with Crippen LogP contribution in [0.5, 0.6) is 5.88 Å². The van der Waals surface area contributed by atoms with Crippen LogP contribution in [0.4, 0.5) is 18.9 Å². The van der Waals surface area contributed by atoms with Crippen molar-refractivity contribution in [1.29, 1.82) is 0 Å². The van der Waals surface area contributed by atoms with Crippen LogP contribution in [0.15, 0.2) is 18.3 Å². The summed E-state index contributed by atoms with van der Waals surface area (Å²) in [5, 5.41) is 3.26. The predicted molar refractivity (Wildman–Crippen MR) is 72.9 cm³/mol. The van der Waals surface area contributed by atoms with E-state index in [1.165, 1.54) is 12.3 Å². The monoisotopic (exact) mass is 290 g/mol. The van der Waals surface area contributed by atoms with Crippen LogP contribution in [-0.4, -0.2) is 23.8 Å². The average molecular weight is 290 g/mol. The van der Waals surface area contributed by atoms with E-state index in [0.717, 1.165) is 18.5 Å². The Hall–Kier alpha value is -1.46. The van der Waals surface area contributed by atoms with Crippen LogP contribution >= 0.6 is 0 Å². The molecular formula is C14H21F3N2O. The minimum atomic E-state index is -4.34. The first-order chi connectivity index (χ1) is 9.26. The third-order valence-electron chi connectivity index (χ3n) is 2.71. The molecule has 0 saturated carbocycles. The fourth-order valence-corrected chi connectivity index (χ4v) is 1.65. The summed E-state index contributed by atoms with van der Waals surface area (Å²) in [5.74, 6) is 0.623. The standard InChI is InChI=1S/C14H21F3N2O/c1-10(2)4-5-11(3)19-12-6-7-13(18-8-12)20-9-14(15,16)17/h6-8,10-11,19H,4-5,9H2,1-3H3. The zero-order valence-electron chi connectivity index (χ0n) is 12.0. The van der Waals surface area contributed by atoms with Crippen molar-refractivity contribution in [2.75, 3.05) is 11.9 Å². The maximum absolute atomic E-state index is 12.0. The number of hydrogen-bond acceptors (Lipinski definition) is 3. The lowest BCUT2D eigenvalue weighted by atomic mass is 10.0. The maximum atomic E-state index is 12.0. The number of aromatic nitrogens is 1. The van der Waals surface area contributed by atoms with Crippen molar-refractivity contribution in [1.82, 2.24) is 4.98 Å². The Balaban J connectivity index is 2.42. The lowest BCUT2D eigenvalue weighted by molar-refractivity contribution is -0.154. The highest BCUT2D eigenvalue weighted by molar-refractivity contribution is 5.42. The SMILES string of the molecule is CC(C)CCC(C)Nc1ccc(OCC(F)(F)F)nc1. The summed E-state index contributed by atoms with van der Waals surface area (Å²) in [6, 6.07) is 3.40. The molecule has 0 radical (unpaired) electrons. The highest BCUT2D eigenvalue weighted by Crippen LogP contribution is 2.19. The smallest absolute Gasteiger partial charge is 0.422 e. The quantitative estimate of drug-likeness (QED) is 0.814. The first-order valence-corrected chi connectivity index (χ1v) is 6.68. The molecule has 3 nitrogen and oxygen atoms in total. The summed E-state index contributed by atoms with van der Waals surface area (Å²) in [5.41, 5.74) is 0.778. The fourth-order valence-electron chi connectivity index (χ4n) is 1.65. The molecule has 20 heavy (non-hydrogen) atoms. The van der Waals surface area contributed by atoms with E-state index in [1.807, 2.05) is 0 Å². The molecule has 1 rings (SSSR count). The zero-order chi connectivity index (χ0) is 15.2. The third-order valence-corrected chi connectivity index (χ3v) is 2.71. The third kappa shape index (κ3) is 7.21. The predicted octanol–water partition coefficient (Wildman–Crippen LogP) is 4.26. The summed E-state index contributed by atoms with van der Waals surface area (Å²) in [4.78, 5) is 3.85. The van der Waals surface area contributed by atoms with Gasteiger partial charge in [0, 0.05) is 12.1 Å². The molecule has 1 atom stereocenters. The molecule has 0 spiro atoms. The van der Waals surface area contributed by atoms with Crippen LogP contribution < -0.4 is 10.1 Å². The topological polar surface area (TPSA) is 34.1 Å². The van der Waals surface area contributed by atoms with Crippen molar-refractivity contribution in [3.8, 4) is 5.88 Å². The molecule has 0 aliphatic rings. The largest absolute Gasteiger partial charge is 0.468 e. The Morgan fingerprint density at radius 2 is 1.90 bits per heavy atom. The summed E-state index contributed by atoms with van der Waals surface area (Å²) in [6.45, 7) is 5.08. The van der Waals surface area contributed by atoms with Gasteiger partial charge in [0.25, 0.3) is 0 Å². The van der Waals surface area contributed by atoms with Crippen molar-refractivity contribution >= 4 is 5.69 Å². The molecule has 0 aliphatic carbocycles. The van der Waals surface area contributed by atoms with Crippen molar-refractivity contribution in [3.63, 3.8) is 0 Å². The Bertz CT molecular complexity index is 390. The molecule has 0 aliphatic heterocycles. The molecule has 1 aromatic rings. The second-order valence-corrected chi connectivity index (χ2v) is 5.31. The first kappa shape index (κ1) is 16.6. The summed E-state index contributed by atoms with van der Waals surface area (Å²) < 4.78 is 40.5. The molecule has 1 unspecified atom stereocenters.